The molecule has 0 fully saturated rings. The van der Waals surface area contributed by atoms with E-state index < -0.39 is 0 Å². The molecule has 4 nitrogen and oxygen atoms in total. The van der Waals surface area contributed by atoms with Crippen molar-refractivity contribution in [2.24, 2.45) is 0 Å². The lowest BCUT2D eigenvalue weighted by Crippen LogP contribution is -2.00. The Bertz CT molecular complexity index is 2840. The van der Waals surface area contributed by atoms with E-state index in [1.165, 1.54) is 33.4 Å². The third kappa shape index (κ3) is 7.16. The number of benzene rings is 8. The highest BCUT2D eigenvalue weighted by molar-refractivity contribution is 7.21. The summed E-state index contributed by atoms with van der Waals surface area (Å²) < 4.78 is 1.11. The van der Waals surface area contributed by atoms with Gasteiger partial charge in [-0.15, -0.1) is 11.3 Å². The van der Waals surface area contributed by atoms with Crippen LogP contribution in [0.25, 0.3) is 99.5 Å². The fraction of sp³-hybridized carbons (Fsp3) is 0. The first-order chi connectivity index (χ1) is 28.2. The topological polar surface area (TPSA) is 51.6 Å². The third-order valence-corrected chi connectivity index (χ3v) is 11.3. The van der Waals surface area contributed by atoms with Crippen molar-refractivity contribution in [3.63, 3.8) is 0 Å². The molecule has 2 heterocycles. The zero-order valence-electron chi connectivity index (χ0n) is 30.8. The summed E-state index contributed by atoms with van der Waals surface area (Å²) in [7, 11) is 0. The van der Waals surface area contributed by atoms with E-state index in [1.54, 1.807) is 11.3 Å². The molecular formula is C52H34N4S. The van der Waals surface area contributed by atoms with Gasteiger partial charge in [0.25, 0.3) is 0 Å². The van der Waals surface area contributed by atoms with Crippen LogP contribution in [0, 0.1) is 0 Å². The van der Waals surface area contributed by atoms with E-state index in [0.717, 1.165) is 48.6 Å². The molecule has 0 saturated carbocycles. The molecule has 0 saturated heterocycles. The molecule has 0 aliphatic carbocycles. The van der Waals surface area contributed by atoms with Gasteiger partial charge in [0, 0.05) is 22.3 Å². The Balaban J connectivity index is 0.971. The van der Waals surface area contributed by atoms with E-state index in [2.05, 4.69) is 188 Å². The van der Waals surface area contributed by atoms with Crippen molar-refractivity contribution in [2.45, 2.75) is 0 Å². The lowest BCUT2D eigenvalue weighted by Gasteiger charge is -2.10. The molecule has 10 aromatic rings. The fourth-order valence-electron chi connectivity index (χ4n) is 7.13. The van der Waals surface area contributed by atoms with Gasteiger partial charge >= 0.3 is 0 Å². The summed E-state index contributed by atoms with van der Waals surface area (Å²) in [5.41, 5.74) is 14.1. The van der Waals surface area contributed by atoms with Gasteiger partial charge in [-0.05, 0) is 62.7 Å². The summed E-state index contributed by atoms with van der Waals surface area (Å²) in [4.78, 5) is 20.2. The Hall–Kier alpha value is -7.34. The van der Waals surface area contributed by atoms with Crippen molar-refractivity contribution in [1.29, 1.82) is 0 Å². The van der Waals surface area contributed by atoms with E-state index in [4.69, 9.17) is 19.9 Å². The average molecular weight is 747 g/mol. The summed E-state index contributed by atoms with van der Waals surface area (Å²) in [6.07, 6.45) is 0. The van der Waals surface area contributed by atoms with Gasteiger partial charge in [0.2, 0.25) is 0 Å². The molecule has 8 aromatic carbocycles. The summed E-state index contributed by atoms with van der Waals surface area (Å²) in [5, 5.41) is 0.974. The second-order valence-electron chi connectivity index (χ2n) is 13.9. The minimum absolute atomic E-state index is 0.605. The predicted octanol–water partition coefficient (Wildman–Crippen LogP) is 13.8. The Kier molecular flexibility index (Phi) is 9.03. The summed E-state index contributed by atoms with van der Waals surface area (Å²) in [6.45, 7) is 0. The Morgan fingerprint density at radius 1 is 0.246 bits per heavy atom. The van der Waals surface area contributed by atoms with E-state index in [-0.39, 0.29) is 0 Å². The molecule has 0 radical (unpaired) electrons. The summed E-state index contributed by atoms with van der Waals surface area (Å²) in [6, 6.07) is 71.8. The lowest BCUT2D eigenvalue weighted by molar-refractivity contribution is 1.07. The Morgan fingerprint density at radius 2 is 0.544 bits per heavy atom. The van der Waals surface area contributed by atoms with Crippen LogP contribution >= 0.6 is 11.3 Å². The van der Waals surface area contributed by atoms with Gasteiger partial charge in [0.1, 0.15) is 5.01 Å². The molecule has 0 atom stereocenters. The van der Waals surface area contributed by atoms with Crippen LogP contribution in [-0.2, 0) is 0 Å². The average Bonchev–Trinajstić information content (AvgIpc) is 3.74. The summed E-state index contributed by atoms with van der Waals surface area (Å²) >= 11 is 1.69. The number of rotatable bonds is 8. The van der Waals surface area contributed by atoms with Crippen LogP contribution < -0.4 is 0 Å². The molecule has 0 aliphatic rings. The van der Waals surface area contributed by atoms with E-state index >= 15 is 0 Å². The normalized spacial score (nSPS) is 11.2. The molecule has 10 rings (SSSR count). The van der Waals surface area contributed by atoms with Crippen molar-refractivity contribution in [3.05, 3.63) is 206 Å². The first-order valence-electron chi connectivity index (χ1n) is 19.0. The zero-order chi connectivity index (χ0) is 38.0. The molecule has 57 heavy (non-hydrogen) atoms. The molecular weight excluding hydrogens is 713 g/mol. The number of aromatic nitrogens is 4. The minimum Gasteiger partial charge on any atom is -0.236 e. The predicted molar refractivity (Wildman–Crippen MR) is 236 cm³/mol. The highest BCUT2D eigenvalue weighted by Crippen LogP contribution is 2.35. The molecule has 0 amide bonds. The van der Waals surface area contributed by atoms with Gasteiger partial charge < -0.3 is 0 Å². The van der Waals surface area contributed by atoms with Gasteiger partial charge in [-0.1, -0.05) is 188 Å². The SMILES string of the molecule is c1ccc(-c2ccc(-c3ccc(-c4nc5cc(-c6nc(-c7ccc(-c8ccccc8)cc7)nc(-c7ccc(-c8ccccc8)cc7)n6)ccc5s4)cc3)cc2)cc1. The van der Waals surface area contributed by atoms with Crippen LogP contribution in [0.1, 0.15) is 0 Å². The maximum atomic E-state index is 5.10. The van der Waals surface area contributed by atoms with Gasteiger partial charge in [0.05, 0.1) is 10.2 Å². The van der Waals surface area contributed by atoms with E-state index in [0.29, 0.717) is 17.5 Å². The van der Waals surface area contributed by atoms with Gasteiger partial charge in [-0.3, -0.25) is 0 Å². The van der Waals surface area contributed by atoms with E-state index in [9.17, 15) is 0 Å². The number of thiazole rings is 1. The van der Waals surface area contributed by atoms with Crippen LogP contribution in [0.3, 0.4) is 0 Å². The maximum Gasteiger partial charge on any atom is 0.164 e. The Labute approximate surface area is 335 Å². The molecule has 0 spiro atoms. The first-order valence-corrected chi connectivity index (χ1v) is 19.8. The number of hydrogen-bond donors (Lipinski definition) is 0. The van der Waals surface area contributed by atoms with Crippen LogP contribution in [0.2, 0.25) is 0 Å². The van der Waals surface area contributed by atoms with Gasteiger partial charge in [-0.2, -0.15) is 0 Å². The number of hydrogen-bond acceptors (Lipinski definition) is 5. The summed E-state index contributed by atoms with van der Waals surface area (Å²) in [5.74, 6) is 1.85. The molecule has 0 aliphatic heterocycles. The second kappa shape index (κ2) is 15.1. The van der Waals surface area contributed by atoms with Gasteiger partial charge in [0.15, 0.2) is 17.5 Å². The third-order valence-electron chi connectivity index (χ3n) is 10.2. The monoisotopic (exact) mass is 746 g/mol. The van der Waals surface area contributed by atoms with Crippen LogP contribution in [0.15, 0.2) is 206 Å². The van der Waals surface area contributed by atoms with Crippen LogP contribution in [0.5, 0.6) is 0 Å². The smallest absolute Gasteiger partial charge is 0.164 e. The van der Waals surface area contributed by atoms with Crippen molar-refractivity contribution < 1.29 is 0 Å². The van der Waals surface area contributed by atoms with Gasteiger partial charge in [-0.25, -0.2) is 19.9 Å². The number of nitrogens with zero attached hydrogens (tertiary/aromatic N) is 4. The highest BCUT2D eigenvalue weighted by atomic mass is 32.1. The van der Waals surface area contributed by atoms with Crippen molar-refractivity contribution >= 4 is 21.6 Å². The van der Waals surface area contributed by atoms with Crippen molar-refractivity contribution in [3.8, 4) is 89.2 Å². The first kappa shape index (κ1) is 34.2. The Morgan fingerprint density at radius 3 is 0.930 bits per heavy atom. The molecule has 2 aromatic heterocycles. The standard InChI is InChI=1S/C52H34N4S/c1-4-10-35(11-5-1)38-16-18-41(19-17-38)42-24-30-45(31-25-42)52-53-47-34-46(32-33-48(47)57-52)51-55-49(43-26-20-39(21-27-43)36-12-6-2-7-13-36)54-50(56-51)44-28-22-40(23-29-44)37-14-8-3-9-15-37/h1-34H. The molecule has 0 unspecified atom stereocenters. The van der Waals surface area contributed by atoms with Crippen LogP contribution in [0.4, 0.5) is 0 Å². The highest BCUT2D eigenvalue weighted by Gasteiger charge is 2.15. The quantitative estimate of drug-likeness (QED) is 0.155. The molecule has 5 heteroatoms. The lowest BCUT2D eigenvalue weighted by atomic mass is 10.00. The minimum atomic E-state index is 0.605. The van der Waals surface area contributed by atoms with Crippen LogP contribution in [-0.4, -0.2) is 19.9 Å². The zero-order valence-corrected chi connectivity index (χ0v) is 31.6. The molecule has 0 bridgehead atoms. The number of fused-ring (bicyclic) bond motifs is 1. The van der Waals surface area contributed by atoms with Crippen molar-refractivity contribution in [2.75, 3.05) is 0 Å². The van der Waals surface area contributed by atoms with Crippen molar-refractivity contribution in [1.82, 2.24) is 19.9 Å². The largest absolute Gasteiger partial charge is 0.236 e. The maximum absolute atomic E-state index is 5.10. The second-order valence-corrected chi connectivity index (χ2v) is 14.9. The fourth-order valence-corrected chi connectivity index (χ4v) is 8.08. The molecule has 268 valence electrons. The molecule has 0 N–H and O–H groups in total. The van der Waals surface area contributed by atoms with E-state index in [1.807, 2.05) is 18.2 Å².